The molecule has 8 nitrogen and oxygen atoms in total. The SMILES string of the molecule is C[C@@H](OC(=O)[C@H]1CC(=O)N(Cc2ccco2)C1)C(=O)Nc1sccc1C#N. The molecule has 1 saturated heterocycles. The van der Waals surface area contributed by atoms with E-state index in [0.717, 1.165) is 0 Å². The molecule has 0 aliphatic carbocycles. The van der Waals surface area contributed by atoms with E-state index in [2.05, 4.69) is 5.32 Å². The summed E-state index contributed by atoms with van der Waals surface area (Å²) in [7, 11) is 0. The fourth-order valence-corrected chi connectivity index (χ4v) is 3.45. The van der Waals surface area contributed by atoms with Crippen LogP contribution in [0.15, 0.2) is 34.3 Å². The molecule has 27 heavy (non-hydrogen) atoms. The molecular formula is C18H17N3O5S. The van der Waals surface area contributed by atoms with E-state index in [0.29, 0.717) is 22.9 Å². The van der Waals surface area contributed by atoms with Crippen molar-refractivity contribution in [1.82, 2.24) is 4.90 Å². The first kappa shape index (κ1) is 18.7. The summed E-state index contributed by atoms with van der Waals surface area (Å²) in [5.74, 6) is -1.28. The van der Waals surface area contributed by atoms with Gasteiger partial charge < -0.3 is 19.4 Å². The lowest BCUT2D eigenvalue weighted by Gasteiger charge is -2.17. The molecule has 1 fully saturated rings. The minimum absolute atomic E-state index is 0.0391. The van der Waals surface area contributed by atoms with Gasteiger partial charge in [-0.2, -0.15) is 5.26 Å². The third-order valence-electron chi connectivity index (χ3n) is 4.16. The Balaban J connectivity index is 1.53. The highest BCUT2D eigenvalue weighted by Gasteiger charge is 2.37. The van der Waals surface area contributed by atoms with Gasteiger partial charge in [-0.15, -0.1) is 11.3 Å². The summed E-state index contributed by atoms with van der Waals surface area (Å²) in [6, 6.07) is 7.05. The number of thiophene rings is 1. The van der Waals surface area contributed by atoms with Crippen molar-refractivity contribution >= 4 is 34.1 Å². The van der Waals surface area contributed by atoms with E-state index in [1.807, 2.05) is 6.07 Å². The third-order valence-corrected chi connectivity index (χ3v) is 4.99. The van der Waals surface area contributed by atoms with Gasteiger partial charge in [-0.3, -0.25) is 14.4 Å². The summed E-state index contributed by atoms with van der Waals surface area (Å²) in [6.07, 6.45) is 0.519. The maximum absolute atomic E-state index is 12.3. The second-order valence-electron chi connectivity index (χ2n) is 6.10. The topological polar surface area (TPSA) is 113 Å². The number of likely N-dealkylation sites (tertiary alicyclic amines) is 1. The van der Waals surface area contributed by atoms with E-state index in [1.54, 1.807) is 23.6 Å². The number of ether oxygens (including phenoxy) is 1. The Hall–Kier alpha value is -3.12. The lowest BCUT2D eigenvalue weighted by molar-refractivity contribution is -0.157. The van der Waals surface area contributed by atoms with Crippen molar-refractivity contribution in [3.05, 3.63) is 41.2 Å². The van der Waals surface area contributed by atoms with Gasteiger partial charge in [0.25, 0.3) is 5.91 Å². The molecule has 2 amide bonds. The van der Waals surface area contributed by atoms with Crippen LogP contribution in [0.5, 0.6) is 0 Å². The van der Waals surface area contributed by atoms with E-state index in [-0.39, 0.29) is 18.9 Å². The van der Waals surface area contributed by atoms with E-state index < -0.39 is 23.9 Å². The number of furan rings is 1. The molecule has 140 valence electrons. The summed E-state index contributed by atoms with van der Waals surface area (Å²) in [6.45, 7) is 1.96. The van der Waals surface area contributed by atoms with Crippen molar-refractivity contribution in [2.45, 2.75) is 26.0 Å². The number of hydrogen-bond acceptors (Lipinski definition) is 7. The number of nitrogens with one attached hydrogen (secondary N) is 1. The predicted octanol–water partition coefficient (Wildman–Crippen LogP) is 2.13. The first-order valence-electron chi connectivity index (χ1n) is 8.27. The molecule has 0 aromatic carbocycles. The van der Waals surface area contributed by atoms with Crippen molar-refractivity contribution in [3.8, 4) is 6.07 Å². The number of anilines is 1. The highest BCUT2D eigenvalue weighted by atomic mass is 32.1. The number of esters is 1. The Kier molecular flexibility index (Phi) is 5.57. The zero-order chi connectivity index (χ0) is 19.4. The minimum Gasteiger partial charge on any atom is -0.467 e. The Morgan fingerprint density at radius 3 is 3.04 bits per heavy atom. The summed E-state index contributed by atoms with van der Waals surface area (Å²) >= 11 is 1.21. The molecule has 1 aliphatic heterocycles. The molecule has 3 rings (SSSR count). The van der Waals surface area contributed by atoms with E-state index in [4.69, 9.17) is 14.4 Å². The molecule has 2 aromatic rings. The number of nitrogens with zero attached hydrogens (tertiary/aromatic N) is 2. The maximum Gasteiger partial charge on any atom is 0.312 e. The van der Waals surface area contributed by atoms with Crippen LogP contribution in [0.25, 0.3) is 0 Å². The van der Waals surface area contributed by atoms with E-state index in [9.17, 15) is 14.4 Å². The smallest absolute Gasteiger partial charge is 0.312 e. The van der Waals surface area contributed by atoms with Crippen molar-refractivity contribution in [2.24, 2.45) is 5.92 Å². The Morgan fingerprint density at radius 2 is 2.33 bits per heavy atom. The standard InChI is InChI=1S/C18H17N3O5S/c1-11(16(23)20-17-12(8-19)4-6-27-17)26-18(24)13-7-15(22)21(9-13)10-14-3-2-5-25-14/h2-6,11,13H,7,9-10H2,1H3,(H,20,23)/t11-,13+/m1/s1. The number of rotatable bonds is 6. The fourth-order valence-electron chi connectivity index (χ4n) is 2.71. The highest BCUT2D eigenvalue weighted by molar-refractivity contribution is 7.14. The third kappa shape index (κ3) is 4.35. The molecule has 0 unspecified atom stereocenters. The van der Waals surface area contributed by atoms with Crippen LogP contribution in [0.4, 0.5) is 5.00 Å². The molecule has 9 heteroatoms. The van der Waals surface area contributed by atoms with E-state index in [1.165, 1.54) is 29.4 Å². The number of amides is 2. The number of carbonyl (C=O) groups excluding carboxylic acids is 3. The quantitative estimate of drug-likeness (QED) is 0.760. The molecule has 0 radical (unpaired) electrons. The summed E-state index contributed by atoms with van der Waals surface area (Å²) in [5.41, 5.74) is 0.349. The molecular weight excluding hydrogens is 370 g/mol. The average molecular weight is 387 g/mol. The van der Waals surface area contributed by atoms with Gasteiger partial charge in [-0.1, -0.05) is 0 Å². The van der Waals surface area contributed by atoms with Crippen molar-refractivity contribution < 1.29 is 23.5 Å². The van der Waals surface area contributed by atoms with Crippen LogP contribution in [-0.4, -0.2) is 35.3 Å². The zero-order valence-electron chi connectivity index (χ0n) is 14.5. The summed E-state index contributed by atoms with van der Waals surface area (Å²) in [5, 5.41) is 13.6. The molecule has 0 bridgehead atoms. The van der Waals surface area contributed by atoms with Gasteiger partial charge in [-0.25, -0.2) is 0 Å². The predicted molar refractivity (Wildman–Crippen MR) is 95.4 cm³/mol. The van der Waals surface area contributed by atoms with Gasteiger partial charge in [0.15, 0.2) is 6.10 Å². The largest absolute Gasteiger partial charge is 0.467 e. The summed E-state index contributed by atoms with van der Waals surface area (Å²) < 4.78 is 10.4. The highest BCUT2D eigenvalue weighted by Crippen LogP contribution is 2.24. The van der Waals surface area contributed by atoms with Crippen LogP contribution in [0.1, 0.15) is 24.7 Å². The van der Waals surface area contributed by atoms with Crippen LogP contribution in [0.3, 0.4) is 0 Å². The number of carbonyl (C=O) groups is 3. The molecule has 1 N–H and O–H groups in total. The van der Waals surface area contributed by atoms with Crippen LogP contribution in [0.2, 0.25) is 0 Å². The van der Waals surface area contributed by atoms with Gasteiger partial charge in [0, 0.05) is 13.0 Å². The molecule has 1 aliphatic rings. The number of nitriles is 1. The fraction of sp³-hybridized carbons (Fsp3) is 0.333. The van der Waals surface area contributed by atoms with Crippen molar-refractivity contribution in [1.29, 1.82) is 5.26 Å². The summed E-state index contributed by atoms with van der Waals surface area (Å²) in [4.78, 5) is 38.1. The number of hydrogen-bond donors (Lipinski definition) is 1. The normalized spacial score (nSPS) is 17.4. The van der Waals surface area contributed by atoms with E-state index >= 15 is 0 Å². The van der Waals surface area contributed by atoms with Crippen molar-refractivity contribution in [2.75, 3.05) is 11.9 Å². The molecule has 0 spiro atoms. The first-order valence-corrected chi connectivity index (χ1v) is 9.15. The Bertz CT molecular complexity index is 883. The second-order valence-corrected chi connectivity index (χ2v) is 7.01. The second kappa shape index (κ2) is 8.05. The average Bonchev–Trinajstić information content (AvgIpc) is 3.37. The molecule has 3 heterocycles. The van der Waals surface area contributed by atoms with Crippen LogP contribution in [-0.2, 0) is 25.7 Å². The van der Waals surface area contributed by atoms with Crippen molar-refractivity contribution in [3.63, 3.8) is 0 Å². The van der Waals surface area contributed by atoms with Gasteiger partial charge in [0.2, 0.25) is 5.91 Å². The van der Waals surface area contributed by atoms with Crippen LogP contribution < -0.4 is 5.32 Å². The minimum atomic E-state index is -1.04. The van der Waals surface area contributed by atoms with Crippen LogP contribution in [0, 0.1) is 17.2 Å². The van der Waals surface area contributed by atoms with Gasteiger partial charge in [-0.05, 0) is 30.5 Å². The Labute approximate surface area is 159 Å². The molecule has 2 atom stereocenters. The molecule has 0 saturated carbocycles. The van der Waals surface area contributed by atoms with Gasteiger partial charge >= 0.3 is 5.97 Å². The van der Waals surface area contributed by atoms with Gasteiger partial charge in [0.1, 0.15) is 16.8 Å². The lowest BCUT2D eigenvalue weighted by atomic mass is 10.1. The zero-order valence-corrected chi connectivity index (χ0v) is 15.3. The van der Waals surface area contributed by atoms with Gasteiger partial charge in [0.05, 0.1) is 24.3 Å². The molecule has 2 aromatic heterocycles. The lowest BCUT2D eigenvalue weighted by Crippen LogP contribution is -2.33. The van der Waals surface area contributed by atoms with Crippen LogP contribution >= 0.6 is 11.3 Å². The monoisotopic (exact) mass is 387 g/mol. The Morgan fingerprint density at radius 1 is 1.52 bits per heavy atom. The first-order chi connectivity index (χ1) is 13.0. The maximum atomic E-state index is 12.3.